The molecule has 6 heteroatoms. The number of hydrogen-bond acceptors (Lipinski definition) is 5. The fourth-order valence-corrected chi connectivity index (χ4v) is 3.79. The lowest BCUT2D eigenvalue weighted by molar-refractivity contribution is 0.0887. The number of aryl methyl sites for hydroxylation is 1. The second-order valence-electron chi connectivity index (χ2n) is 6.89. The summed E-state index contributed by atoms with van der Waals surface area (Å²) >= 11 is 0. The molecule has 0 saturated heterocycles. The lowest BCUT2D eigenvalue weighted by Crippen LogP contribution is -2.38. The number of benzene rings is 2. The maximum absolute atomic E-state index is 12.9. The number of amides is 1. The molecule has 1 aliphatic carbocycles. The van der Waals surface area contributed by atoms with Gasteiger partial charge in [0, 0.05) is 17.9 Å². The molecule has 3 aromatic rings. The predicted molar refractivity (Wildman–Crippen MR) is 106 cm³/mol. The summed E-state index contributed by atoms with van der Waals surface area (Å²) in [5, 5.41) is 3.08. The third-order valence-electron chi connectivity index (χ3n) is 5.07. The number of nitrogens with one attached hydrogen (secondary N) is 1. The number of carbonyl (C=O) groups excluding carboxylic acids is 2. The minimum atomic E-state index is -0.480. The summed E-state index contributed by atoms with van der Waals surface area (Å²) < 4.78 is 0. The van der Waals surface area contributed by atoms with Crippen LogP contribution in [-0.4, -0.2) is 21.7 Å². The van der Waals surface area contributed by atoms with E-state index < -0.39 is 6.04 Å². The number of Topliss-reactive ketones (excluding diaryl/α,β-unsaturated/α-hetero) is 1. The van der Waals surface area contributed by atoms with Gasteiger partial charge in [-0.05, 0) is 24.6 Å². The zero-order valence-electron chi connectivity index (χ0n) is 15.4. The molecule has 0 saturated carbocycles. The van der Waals surface area contributed by atoms with Gasteiger partial charge in [0.15, 0.2) is 5.78 Å². The van der Waals surface area contributed by atoms with Crippen LogP contribution in [0.1, 0.15) is 56.0 Å². The number of ketones is 1. The number of anilines is 1. The van der Waals surface area contributed by atoms with Gasteiger partial charge >= 0.3 is 0 Å². The van der Waals surface area contributed by atoms with E-state index in [1.807, 2.05) is 48.5 Å². The highest BCUT2D eigenvalue weighted by atomic mass is 16.2. The van der Waals surface area contributed by atoms with Gasteiger partial charge in [0.05, 0.1) is 23.0 Å². The van der Waals surface area contributed by atoms with E-state index in [1.54, 1.807) is 19.1 Å². The monoisotopic (exact) mass is 372 g/mol. The normalized spacial score (nSPS) is 18.4. The van der Waals surface area contributed by atoms with Gasteiger partial charge in [-0.15, -0.1) is 0 Å². The number of fused-ring (bicyclic) bond motifs is 1. The minimum Gasteiger partial charge on any atom is -0.368 e. The molecule has 6 nitrogen and oxygen atoms in total. The van der Waals surface area contributed by atoms with Crippen LogP contribution in [0.4, 0.5) is 5.95 Å². The van der Waals surface area contributed by atoms with Crippen molar-refractivity contribution in [1.82, 2.24) is 15.3 Å². The first kappa shape index (κ1) is 17.9. The Morgan fingerprint density at radius 2 is 1.68 bits per heavy atom. The van der Waals surface area contributed by atoms with Crippen molar-refractivity contribution in [3.05, 3.63) is 88.7 Å². The molecule has 1 heterocycles. The molecule has 4 rings (SSSR count). The molecule has 0 bridgehead atoms. The fourth-order valence-electron chi connectivity index (χ4n) is 3.79. The molecule has 1 amide bonds. The van der Waals surface area contributed by atoms with Gasteiger partial charge in [-0.3, -0.25) is 9.59 Å². The minimum absolute atomic E-state index is 0.0356. The van der Waals surface area contributed by atoms with Gasteiger partial charge < -0.3 is 11.1 Å². The Balaban J connectivity index is 1.81. The molecule has 2 atom stereocenters. The standard InChI is InChI=1S/C22H20N4O2/c1-13-18-17(27)12-16(14-8-4-2-5-9-14)19(20(18)26-22(23)24-13)25-21(28)15-10-6-3-7-11-15/h2-11,16,19H,12H2,1H3,(H,25,28)(H2,23,24,26)/t16-,19-/m0/s1. The van der Waals surface area contributed by atoms with Crippen LogP contribution in [-0.2, 0) is 0 Å². The van der Waals surface area contributed by atoms with E-state index in [2.05, 4.69) is 15.3 Å². The van der Waals surface area contributed by atoms with Gasteiger partial charge in [-0.25, -0.2) is 9.97 Å². The molecule has 28 heavy (non-hydrogen) atoms. The summed E-state index contributed by atoms with van der Waals surface area (Å²) in [7, 11) is 0. The van der Waals surface area contributed by atoms with Crippen LogP contribution in [0, 0.1) is 6.92 Å². The zero-order chi connectivity index (χ0) is 19.7. The Hall–Kier alpha value is -3.54. The zero-order valence-corrected chi connectivity index (χ0v) is 15.4. The average Bonchev–Trinajstić information content (AvgIpc) is 2.70. The molecule has 0 radical (unpaired) electrons. The average molecular weight is 372 g/mol. The maximum Gasteiger partial charge on any atom is 0.251 e. The third-order valence-corrected chi connectivity index (χ3v) is 5.07. The van der Waals surface area contributed by atoms with Gasteiger partial charge in [0.25, 0.3) is 5.91 Å². The number of nitrogens with two attached hydrogens (primary N) is 1. The Bertz CT molecular complexity index is 1040. The van der Waals surface area contributed by atoms with E-state index in [1.165, 1.54) is 0 Å². The van der Waals surface area contributed by atoms with Crippen molar-refractivity contribution < 1.29 is 9.59 Å². The molecule has 1 aliphatic rings. The largest absolute Gasteiger partial charge is 0.368 e. The van der Waals surface area contributed by atoms with Crippen molar-refractivity contribution >= 4 is 17.6 Å². The highest BCUT2D eigenvalue weighted by Crippen LogP contribution is 2.41. The fraction of sp³-hybridized carbons (Fsp3) is 0.182. The van der Waals surface area contributed by atoms with Crippen LogP contribution in [0.2, 0.25) is 0 Å². The van der Waals surface area contributed by atoms with Gasteiger partial charge in [0.1, 0.15) is 0 Å². The number of nitrogens with zero attached hydrogens (tertiary/aromatic N) is 2. The van der Waals surface area contributed by atoms with Crippen LogP contribution in [0.25, 0.3) is 0 Å². The highest BCUT2D eigenvalue weighted by molar-refractivity contribution is 6.01. The first-order valence-electron chi connectivity index (χ1n) is 9.12. The molecule has 2 aromatic carbocycles. The molecule has 1 aromatic heterocycles. The van der Waals surface area contributed by atoms with Crippen molar-refractivity contribution in [2.24, 2.45) is 0 Å². The highest BCUT2D eigenvalue weighted by Gasteiger charge is 2.38. The molecule has 0 fully saturated rings. The summed E-state index contributed by atoms with van der Waals surface area (Å²) in [6.07, 6.45) is 0.269. The van der Waals surface area contributed by atoms with Crippen molar-refractivity contribution in [1.29, 1.82) is 0 Å². The van der Waals surface area contributed by atoms with E-state index in [0.717, 1.165) is 5.56 Å². The first-order chi connectivity index (χ1) is 13.5. The first-order valence-corrected chi connectivity index (χ1v) is 9.12. The second-order valence-corrected chi connectivity index (χ2v) is 6.89. The predicted octanol–water partition coefficient (Wildman–Crippen LogP) is 3.21. The Labute approximate surface area is 162 Å². The summed E-state index contributed by atoms with van der Waals surface area (Å²) in [4.78, 5) is 34.2. The quantitative estimate of drug-likeness (QED) is 0.736. The van der Waals surface area contributed by atoms with Crippen molar-refractivity contribution in [3.63, 3.8) is 0 Å². The topological polar surface area (TPSA) is 98.0 Å². The lowest BCUT2D eigenvalue weighted by atomic mass is 9.77. The van der Waals surface area contributed by atoms with E-state index in [4.69, 9.17) is 5.73 Å². The van der Waals surface area contributed by atoms with Crippen LogP contribution in [0.15, 0.2) is 60.7 Å². The number of hydrogen-bond donors (Lipinski definition) is 2. The molecule has 3 N–H and O–H groups in total. The Morgan fingerprint density at radius 1 is 1.04 bits per heavy atom. The van der Waals surface area contributed by atoms with Crippen LogP contribution in [0.5, 0.6) is 0 Å². The second kappa shape index (κ2) is 7.23. The summed E-state index contributed by atoms with van der Waals surface area (Å²) in [5.41, 5.74) is 8.87. The smallest absolute Gasteiger partial charge is 0.251 e. The van der Waals surface area contributed by atoms with Crippen molar-refractivity contribution in [3.8, 4) is 0 Å². The number of rotatable bonds is 3. The van der Waals surface area contributed by atoms with Crippen molar-refractivity contribution in [2.45, 2.75) is 25.3 Å². The number of nitrogen functional groups attached to an aromatic ring is 1. The van der Waals surface area contributed by atoms with E-state index in [-0.39, 0.29) is 30.0 Å². The molecule has 0 unspecified atom stereocenters. The summed E-state index contributed by atoms with van der Waals surface area (Å²) in [6, 6.07) is 18.2. The SMILES string of the molecule is Cc1nc(N)nc2c1C(=O)C[C@@H](c1ccccc1)[C@@H]2NC(=O)c1ccccc1. The Morgan fingerprint density at radius 3 is 2.36 bits per heavy atom. The van der Waals surface area contributed by atoms with E-state index in [9.17, 15) is 9.59 Å². The van der Waals surface area contributed by atoms with E-state index in [0.29, 0.717) is 22.5 Å². The van der Waals surface area contributed by atoms with E-state index >= 15 is 0 Å². The molecular formula is C22H20N4O2. The molecular weight excluding hydrogens is 352 g/mol. The van der Waals surface area contributed by atoms with Crippen LogP contribution >= 0.6 is 0 Å². The van der Waals surface area contributed by atoms with Crippen LogP contribution < -0.4 is 11.1 Å². The van der Waals surface area contributed by atoms with Gasteiger partial charge in [-0.1, -0.05) is 48.5 Å². The molecule has 0 aliphatic heterocycles. The lowest BCUT2D eigenvalue weighted by Gasteiger charge is -2.33. The van der Waals surface area contributed by atoms with Gasteiger partial charge in [-0.2, -0.15) is 0 Å². The van der Waals surface area contributed by atoms with Crippen LogP contribution in [0.3, 0.4) is 0 Å². The van der Waals surface area contributed by atoms with Crippen molar-refractivity contribution in [2.75, 3.05) is 5.73 Å². The molecule has 0 spiro atoms. The Kier molecular flexibility index (Phi) is 4.61. The summed E-state index contributed by atoms with van der Waals surface area (Å²) in [6.45, 7) is 1.74. The number of aromatic nitrogens is 2. The molecule has 140 valence electrons. The van der Waals surface area contributed by atoms with Gasteiger partial charge in [0.2, 0.25) is 5.95 Å². The number of carbonyl (C=O) groups is 2. The maximum atomic E-state index is 12.9. The summed E-state index contributed by atoms with van der Waals surface area (Å²) in [5.74, 6) is -0.396. The third kappa shape index (κ3) is 3.24.